The number of aromatic nitrogens is 2. The van der Waals surface area contributed by atoms with E-state index in [-0.39, 0.29) is 35.6 Å². The van der Waals surface area contributed by atoms with Crippen LogP contribution in [0.1, 0.15) is 40.8 Å². The molecule has 0 spiro atoms. The van der Waals surface area contributed by atoms with E-state index >= 15 is 0 Å². The van der Waals surface area contributed by atoms with Crippen LogP contribution in [0.5, 0.6) is 5.75 Å². The summed E-state index contributed by atoms with van der Waals surface area (Å²) in [5.74, 6) is -1.78. The highest BCUT2D eigenvalue weighted by Gasteiger charge is 2.39. The van der Waals surface area contributed by atoms with Gasteiger partial charge in [0.25, 0.3) is 5.91 Å². The van der Waals surface area contributed by atoms with Gasteiger partial charge in [0.2, 0.25) is 11.3 Å². The summed E-state index contributed by atoms with van der Waals surface area (Å²) in [4.78, 5) is 47.2. The molecule has 0 radical (unpaired) electrons. The van der Waals surface area contributed by atoms with Crippen LogP contribution in [-0.2, 0) is 11.2 Å². The monoisotopic (exact) mass is 484 g/mol. The Labute approximate surface area is 199 Å². The maximum atomic E-state index is 13.2. The van der Waals surface area contributed by atoms with Gasteiger partial charge < -0.3 is 19.5 Å². The smallest absolute Gasteiger partial charge is 0.274 e. The molecule has 0 bridgehead atoms. The van der Waals surface area contributed by atoms with Gasteiger partial charge in [0.15, 0.2) is 11.4 Å². The third-order valence-corrected chi connectivity index (χ3v) is 6.83. The number of carbonyl (C=O) groups is 2. The van der Waals surface area contributed by atoms with Crippen LogP contribution in [0.3, 0.4) is 0 Å². The zero-order valence-corrected chi connectivity index (χ0v) is 20.1. The average Bonchev–Trinajstić information content (AvgIpc) is 3.25. The summed E-state index contributed by atoms with van der Waals surface area (Å²) in [6, 6.07) is 5.10. The largest absolute Gasteiger partial charge is 0.503 e. The molecule has 2 aromatic heterocycles. The quantitative estimate of drug-likeness (QED) is 0.601. The van der Waals surface area contributed by atoms with E-state index < -0.39 is 23.1 Å². The normalized spacial score (nSPS) is 15.5. The Kier molecular flexibility index (Phi) is 6.26. The van der Waals surface area contributed by atoms with Crippen molar-refractivity contribution in [2.75, 3.05) is 20.6 Å². The fourth-order valence-corrected chi connectivity index (χ4v) is 4.93. The summed E-state index contributed by atoms with van der Waals surface area (Å²) < 4.78 is 14.6. The highest BCUT2D eigenvalue weighted by molar-refractivity contribution is 7.15. The third kappa shape index (κ3) is 4.21. The first-order valence-electron chi connectivity index (χ1n) is 10.8. The van der Waals surface area contributed by atoms with Crippen molar-refractivity contribution in [1.29, 1.82) is 0 Å². The van der Waals surface area contributed by atoms with Crippen molar-refractivity contribution >= 4 is 23.2 Å². The minimum Gasteiger partial charge on any atom is -0.503 e. The maximum absolute atomic E-state index is 13.2. The summed E-state index contributed by atoms with van der Waals surface area (Å²) in [7, 11) is 3.23. The Morgan fingerprint density at radius 3 is 2.56 bits per heavy atom. The summed E-state index contributed by atoms with van der Waals surface area (Å²) in [5.41, 5.74) is 0.0810. The number of pyridine rings is 1. The molecule has 1 aliphatic heterocycles. The van der Waals surface area contributed by atoms with Gasteiger partial charge in [-0.1, -0.05) is 12.1 Å². The van der Waals surface area contributed by atoms with Gasteiger partial charge in [-0.3, -0.25) is 14.4 Å². The predicted octanol–water partition coefficient (Wildman–Crippen LogP) is 2.90. The highest BCUT2D eigenvalue weighted by Crippen LogP contribution is 2.32. The summed E-state index contributed by atoms with van der Waals surface area (Å²) >= 11 is 1.26. The van der Waals surface area contributed by atoms with Crippen LogP contribution in [0, 0.1) is 5.82 Å². The second kappa shape index (κ2) is 9.02. The molecule has 1 N–H and O–H groups in total. The number of carbonyl (C=O) groups excluding carboxylic acids is 2. The minimum absolute atomic E-state index is 0.110. The molecule has 1 aliphatic rings. The van der Waals surface area contributed by atoms with Gasteiger partial charge >= 0.3 is 0 Å². The lowest BCUT2D eigenvalue weighted by molar-refractivity contribution is -0.133. The van der Waals surface area contributed by atoms with Gasteiger partial charge in [-0.05, 0) is 31.5 Å². The van der Waals surface area contributed by atoms with Crippen molar-refractivity contribution in [3.8, 4) is 16.3 Å². The molecule has 8 nitrogen and oxygen atoms in total. The Hall–Kier alpha value is -3.53. The number of benzene rings is 1. The van der Waals surface area contributed by atoms with Crippen molar-refractivity contribution in [3.63, 3.8) is 0 Å². The standard InChI is InChI=1S/C24H25FN4O4S/c1-13(2)28-12-18(23(32)27(3)4)29-11-17(20(30)21(31)19(29)24(28)33)22-26-10-16(34-22)9-14-5-7-15(25)8-6-14/h5-8,10-11,13,18,31H,9,12H2,1-4H3. The lowest BCUT2D eigenvalue weighted by Crippen LogP contribution is -2.51. The molecule has 1 aromatic carbocycles. The molecular formula is C24H25FN4O4S. The van der Waals surface area contributed by atoms with Crippen molar-refractivity contribution in [1.82, 2.24) is 19.4 Å². The van der Waals surface area contributed by atoms with E-state index in [4.69, 9.17) is 0 Å². The van der Waals surface area contributed by atoms with Crippen molar-refractivity contribution in [2.24, 2.45) is 0 Å². The molecule has 4 rings (SSSR count). The van der Waals surface area contributed by atoms with E-state index in [0.29, 0.717) is 11.4 Å². The number of fused-ring (bicyclic) bond motifs is 1. The lowest BCUT2D eigenvalue weighted by Gasteiger charge is -2.38. The van der Waals surface area contributed by atoms with Crippen LogP contribution in [-0.4, -0.2) is 63.0 Å². The van der Waals surface area contributed by atoms with Gasteiger partial charge in [0, 0.05) is 43.8 Å². The highest BCUT2D eigenvalue weighted by atomic mass is 32.1. The van der Waals surface area contributed by atoms with E-state index in [0.717, 1.165) is 10.4 Å². The van der Waals surface area contributed by atoms with Crippen LogP contribution >= 0.6 is 11.3 Å². The van der Waals surface area contributed by atoms with E-state index in [1.54, 1.807) is 32.4 Å². The van der Waals surface area contributed by atoms with Gasteiger partial charge in [0.1, 0.15) is 16.9 Å². The molecule has 10 heteroatoms. The molecule has 0 fully saturated rings. The van der Waals surface area contributed by atoms with E-state index in [2.05, 4.69) is 4.98 Å². The fraction of sp³-hybridized carbons (Fsp3) is 0.333. The fourth-order valence-electron chi connectivity index (χ4n) is 3.98. The Morgan fingerprint density at radius 1 is 1.26 bits per heavy atom. The SMILES string of the molecule is CC(C)N1CC(C(=O)N(C)C)n2cc(-c3ncc(Cc4ccc(F)cc4)s3)c(=O)c(O)c2C1=O. The molecular weight excluding hydrogens is 459 g/mol. The summed E-state index contributed by atoms with van der Waals surface area (Å²) in [5, 5.41) is 11.2. The predicted molar refractivity (Wildman–Crippen MR) is 127 cm³/mol. The number of hydrogen-bond donors (Lipinski definition) is 1. The summed E-state index contributed by atoms with van der Waals surface area (Å²) in [6.07, 6.45) is 3.57. The van der Waals surface area contributed by atoms with Crippen LogP contribution < -0.4 is 5.43 Å². The molecule has 1 atom stereocenters. The Balaban J connectivity index is 1.79. The first kappa shape index (κ1) is 23.6. The second-order valence-corrected chi connectivity index (χ2v) is 9.83. The van der Waals surface area contributed by atoms with E-state index in [1.807, 2.05) is 13.8 Å². The van der Waals surface area contributed by atoms with Crippen LogP contribution in [0.15, 0.2) is 41.5 Å². The topological polar surface area (TPSA) is 95.7 Å². The number of amides is 2. The van der Waals surface area contributed by atoms with Crippen molar-refractivity contribution in [2.45, 2.75) is 32.4 Å². The van der Waals surface area contributed by atoms with Crippen LogP contribution in [0.4, 0.5) is 4.39 Å². The molecule has 1 unspecified atom stereocenters. The number of likely N-dealkylation sites (N-methyl/N-ethyl adjacent to an activating group) is 1. The molecule has 0 saturated heterocycles. The first-order chi connectivity index (χ1) is 16.1. The molecule has 0 aliphatic carbocycles. The molecule has 3 heterocycles. The van der Waals surface area contributed by atoms with Crippen LogP contribution in [0.2, 0.25) is 0 Å². The van der Waals surface area contributed by atoms with E-state index in [1.165, 1.54) is 44.0 Å². The molecule has 178 valence electrons. The zero-order chi connectivity index (χ0) is 24.7. The number of halogens is 1. The molecule has 2 amide bonds. The van der Waals surface area contributed by atoms with E-state index in [9.17, 15) is 23.9 Å². The number of rotatable bonds is 5. The Morgan fingerprint density at radius 2 is 1.94 bits per heavy atom. The van der Waals surface area contributed by atoms with Gasteiger partial charge in [-0.2, -0.15) is 0 Å². The Bertz CT molecular complexity index is 1310. The molecule has 0 saturated carbocycles. The number of aromatic hydroxyl groups is 1. The third-order valence-electron chi connectivity index (χ3n) is 5.80. The minimum atomic E-state index is -0.797. The second-order valence-electron chi connectivity index (χ2n) is 8.71. The number of hydrogen-bond acceptors (Lipinski definition) is 6. The van der Waals surface area contributed by atoms with Crippen molar-refractivity contribution in [3.05, 3.63) is 68.8 Å². The lowest BCUT2D eigenvalue weighted by atomic mass is 10.1. The maximum Gasteiger partial charge on any atom is 0.274 e. The zero-order valence-electron chi connectivity index (χ0n) is 19.3. The number of nitrogens with zero attached hydrogens (tertiary/aromatic N) is 4. The molecule has 34 heavy (non-hydrogen) atoms. The molecule has 3 aromatic rings. The first-order valence-corrected chi connectivity index (χ1v) is 11.6. The average molecular weight is 485 g/mol. The van der Waals surface area contributed by atoms with Gasteiger partial charge in [-0.25, -0.2) is 9.37 Å². The van der Waals surface area contributed by atoms with Gasteiger partial charge in [0.05, 0.1) is 12.1 Å². The van der Waals surface area contributed by atoms with Crippen LogP contribution in [0.25, 0.3) is 10.6 Å². The number of thiazole rings is 1. The van der Waals surface area contributed by atoms with Gasteiger partial charge in [-0.15, -0.1) is 11.3 Å². The van der Waals surface area contributed by atoms with Crippen molar-refractivity contribution < 1.29 is 19.1 Å². The summed E-state index contributed by atoms with van der Waals surface area (Å²) in [6.45, 7) is 3.74.